The maximum Gasteiger partial charge on any atom is 0.317 e. The van der Waals surface area contributed by atoms with Crippen molar-refractivity contribution in [3.8, 4) is 11.5 Å². The molecule has 1 fully saturated rings. The summed E-state index contributed by atoms with van der Waals surface area (Å²) in [5, 5.41) is 14.8. The maximum absolute atomic E-state index is 12.2. The molecule has 1 aromatic carbocycles. The molecule has 2 aromatic heterocycles. The standard InChI is InChI=1S/C19H22N6O3/c1-25(12-16-22-23-18(27-16)14-6-3-2-4-7-14)19(26)20-11-10-15-21-17(28-24-15)13-8-5-9-13/h2-4,6-7,13H,5,8-12H2,1H3,(H,20,26). The fourth-order valence-electron chi connectivity index (χ4n) is 2.90. The van der Waals surface area contributed by atoms with Gasteiger partial charge in [-0.05, 0) is 25.0 Å². The van der Waals surface area contributed by atoms with Gasteiger partial charge in [0.05, 0.1) is 0 Å². The second-order valence-corrected chi connectivity index (χ2v) is 6.88. The molecule has 146 valence electrons. The lowest BCUT2D eigenvalue weighted by Crippen LogP contribution is -2.37. The number of rotatable bonds is 7. The van der Waals surface area contributed by atoms with Gasteiger partial charge < -0.3 is 19.2 Å². The lowest BCUT2D eigenvalue weighted by atomic mass is 9.85. The molecular formula is C19H22N6O3. The van der Waals surface area contributed by atoms with E-state index in [-0.39, 0.29) is 12.6 Å². The molecule has 1 aliphatic carbocycles. The normalized spacial score (nSPS) is 13.9. The predicted octanol–water partition coefficient (Wildman–Crippen LogP) is 2.77. The number of nitrogens with one attached hydrogen (secondary N) is 1. The highest BCUT2D eigenvalue weighted by atomic mass is 16.5. The number of nitrogens with zero attached hydrogens (tertiary/aromatic N) is 5. The maximum atomic E-state index is 12.2. The van der Waals surface area contributed by atoms with Gasteiger partial charge in [-0.15, -0.1) is 10.2 Å². The highest BCUT2D eigenvalue weighted by Crippen LogP contribution is 2.35. The fourth-order valence-corrected chi connectivity index (χ4v) is 2.90. The quantitative estimate of drug-likeness (QED) is 0.669. The van der Waals surface area contributed by atoms with E-state index in [0.29, 0.717) is 36.5 Å². The van der Waals surface area contributed by atoms with Crippen molar-refractivity contribution in [3.63, 3.8) is 0 Å². The summed E-state index contributed by atoms with van der Waals surface area (Å²) in [5.41, 5.74) is 0.842. The predicted molar refractivity (Wildman–Crippen MR) is 99.2 cm³/mol. The van der Waals surface area contributed by atoms with Crippen molar-refractivity contribution in [3.05, 3.63) is 47.9 Å². The van der Waals surface area contributed by atoms with Gasteiger partial charge >= 0.3 is 6.03 Å². The number of carbonyl (C=O) groups is 1. The molecule has 0 spiro atoms. The zero-order valence-corrected chi connectivity index (χ0v) is 15.7. The van der Waals surface area contributed by atoms with Crippen LogP contribution in [0.15, 0.2) is 39.3 Å². The van der Waals surface area contributed by atoms with Gasteiger partial charge in [-0.2, -0.15) is 4.98 Å². The summed E-state index contributed by atoms with van der Waals surface area (Å²) in [6.07, 6.45) is 3.97. The Kier molecular flexibility index (Phi) is 5.31. The van der Waals surface area contributed by atoms with Gasteiger partial charge in [0.1, 0.15) is 6.54 Å². The largest absolute Gasteiger partial charge is 0.419 e. The zero-order valence-electron chi connectivity index (χ0n) is 15.7. The molecule has 2 amide bonds. The lowest BCUT2D eigenvalue weighted by molar-refractivity contribution is 0.202. The minimum absolute atomic E-state index is 0.222. The molecule has 2 heterocycles. The van der Waals surface area contributed by atoms with Crippen molar-refractivity contribution in [1.82, 2.24) is 30.6 Å². The number of benzene rings is 1. The molecule has 0 saturated heterocycles. The monoisotopic (exact) mass is 382 g/mol. The van der Waals surface area contributed by atoms with E-state index in [2.05, 4.69) is 25.7 Å². The number of hydrogen-bond acceptors (Lipinski definition) is 7. The molecule has 3 aromatic rings. The lowest BCUT2D eigenvalue weighted by Gasteiger charge is -2.20. The highest BCUT2D eigenvalue weighted by Gasteiger charge is 2.25. The van der Waals surface area contributed by atoms with Crippen LogP contribution in [-0.4, -0.2) is 44.9 Å². The second kappa shape index (κ2) is 8.20. The van der Waals surface area contributed by atoms with E-state index in [0.717, 1.165) is 24.3 Å². The van der Waals surface area contributed by atoms with Crippen LogP contribution in [0.25, 0.3) is 11.5 Å². The first-order chi connectivity index (χ1) is 13.7. The van der Waals surface area contributed by atoms with E-state index in [1.165, 1.54) is 11.3 Å². The Hall–Kier alpha value is -3.23. The summed E-state index contributed by atoms with van der Waals surface area (Å²) in [4.78, 5) is 18.1. The summed E-state index contributed by atoms with van der Waals surface area (Å²) in [5.74, 6) is 2.56. The van der Waals surface area contributed by atoms with Crippen LogP contribution in [0.5, 0.6) is 0 Å². The van der Waals surface area contributed by atoms with Crippen LogP contribution >= 0.6 is 0 Å². The van der Waals surface area contributed by atoms with E-state index in [1.807, 2.05) is 30.3 Å². The van der Waals surface area contributed by atoms with Crippen molar-refractivity contribution in [2.24, 2.45) is 0 Å². The Labute approximate surface area is 162 Å². The third-order valence-electron chi connectivity index (χ3n) is 4.77. The fraction of sp³-hybridized carbons (Fsp3) is 0.421. The molecule has 0 aliphatic heterocycles. The van der Waals surface area contributed by atoms with Crippen molar-refractivity contribution in [2.75, 3.05) is 13.6 Å². The van der Waals surface area contributed by atoms with Gasteiger partial charge in [-0.3, -0.25) is 0 Å². The first kappa shape index (κ1) is 18.1. The third kappa shape index (κ3) is 4.19. The molecule has 1 saturated carbocycles. The molecule has 1 aliphatic rings. The Morgan fingerprint density at radius 1 is 1.25 bits per heavy atom. The summed E-state index contributed by atoms with van der Waals surface area (Å²) in [6, 6.07) is 9.27. The Bertz CT molecular complexity index is 919. The summed E-state index contributed by atoms with van der Waals surface area (Å²) >= 11 is 0. The van der Waals surface area contributed by atoms with Gasteiger partial charge in [-0.25, -0.2) is 4.79 Å². The number of urea groups is 1. The topological polar surface area (TPSA) is 110 Å². The average molecular weight is 382 g/mol. The van der Waals surface area contributed by atoms with Crippen LogP contribution in [0.4, 0.5) is 4.79 Å². The zero-order chi connectivity index (χ0) is 19.3. The molecule has 1 N–H and O–H groups in total. The average Bonchev–Trinajstić information content (AvgIpc) is 3.31. The molecule has 4 rings (SSSR count). The van der Waals surface area contributed by atoms with E-state index in [4.69, 9.17) is 8.94 Å². The van der Waals surface area contributed by atoms with E-state index in [1.54, 1.807) is 7.05 Å². The molecule has 0 unspecified atom stereocenters. The molecular weight excluding hydrogens is 360 g/mol. The van der Waals surface area contributed by atoms with Crippen LogP contribution < -0.4 is 5.32 Å². The molecule has 9 heteroatoms. The van der Waals surface area contributed by atoms with Crippen LogP contribution in [0, 0.1) is 0 Å². The summed E-state index contributed by atoms with van der Waals surface area (Å²) in [6.45, 7) is 0.644. The van der Waals surface area contributed by atoms with Crippen LogP contribution in [0.1, 0.15) is 42.8 Å². The van der Waals surface area contributed by atoms with Gasteiger partial charge in [0.25, 0.3) is 0 Å². The number of carbonyl (C=O) groups excluding carboxylic acids is 1. The SMILES string of the molecule is CN(Cc1nnc(-c2ccccc2)o1)C(=O)NCCc1noc(C2CCC2)n1. The minimum Gasteiger partial charge on any atom is -0.419 e. The Balaban J connectivity index is 1.23. The van der Waals surface area contributed by atoms with Crippen molar-refractivity contribution < 1.29 is 13.7 Å². The number of hydrogen-bond donors (Lipinski definition) is 1. The van der Waals surface area contributed by atoms with Gasteiger partial charge in [0.15, 0.2) is 5.82 Å². The van der Waals surface area contributed by atoms with Crippen LogP contribution in [0.2, 0.25) is 0 Å². The summed E-state index contributed by atoms with van der Waals surface area (Å²) < 4.78 is 10.9. The first-order valence-electron chi connectivity index (χ1n) is 9.38. The number of aromatic nitrogens is 4. The third-order valence-corrected chi connectivity index (χ3v) is 4.77. The van der Waals surface area contributed by atoms with E-state index >= 15 is 0 Å². The molecule has 0 bridgehead atoms. The minimum atomic E-state index is -0.234. The van der Waals surface area contributed by atoms with Gasteiger partial charge in [-0.1, -0.05) is 29.8 Å². The van der Waals surface area contributed by atoms with Crippen LogP contribution in [-0.2, 0) is 13.0 Å². The highest BCUT2D eigenvalue weighted by molar-refractivity contribution is 5.73. The van der Waals surface area contributed by atoms with Gasteiger partial charge in [0, 0.05) is 31.5 Å². The molecule has 9 nitrogen and oxygen atoms in total. The summed E-state index contributed by atoms with van der Waals surface area (Å²) in [7, 11) is 1.67. The van der Waals surface area contributed by atoms with Crippen molar-refractivity contribution in [2.45, 2.75) is 38.1 Å². The van der Waals surface area contributed by atoms with Crippen molar-refractivity contribution >= 4 is 6.03 Å². The first-order valence-corrected chi connectivity index (χ1v) is 9.38. The van der Waals surface area contributed by atoms with Crippen molar-refractivity contribution in [1.29, 1.82) is 0 Å². The Morgan fingerprint density at radius 3 is 2.82 bits per heavy atom. The number of amides is 2. The van der Waals surface area contributed by atoms with E-state index in [9.17, 15) is 4.79 Å². The second-order valence-electron chi connectivity index (χ2n) is 6.88. The molecule has 0 atom stereocenters. The smallest absolute Gasteiger partial charge is 0.317 e. The molecule has 28 heavy (non-hydrogen) atoms. The van der Waals surface area contributed by atoms with Crippen LogP contribution in [0.3, 0.4) is 0 Å². The van der Waals surface area contributed by atoms with Gasteiger partial charge in [0.2, 0.25) is 17.7 Å². The Morgan fingerprint density at radius 2 is 2.07 bits per heavy atom. The molecule has 0 radical (unpaired) electrons. The van der Waals surface area contributed by atoms with E-state index < -0.39 is 0 Å².